The molecule has 0 aromatic carbocycles. The van der Waals surface area contributed by atoms with Crippen LogP contribution in [0.15, 0.2) is 0 Å². The van der Waals surface area contributed by atoms with E-state index in [9.17, 15) is 14.4 Å². The van der Waals surface area contributed by atoms with Crippen molar-refractivity contribution in [2.75, 3.05) is 6.54 Å². The number of hydrogen-bond acceptors (Lipinski definition) is 5. The van der Waals surface area contributed by atoms with Crippen LogP contribution in [0.3, 0.4) is 0 Å². The Balaban J connectivity index is 2.22. The quantitative estimate of drug-likeness (QED) is 0.672. The monoisotopic (exact) mass is 283 g/mol. The van der Waals surface area contributed by atoms with Gasteiger partial charge in [0.2, 0.25) is 5.91 Å². The molecule has 7 nitrogen and oxygen atoms in total. The van der Waals surface area contributed by atoms with Crippen molar-refractivity contribution in [1.82, 2.24) is 10.0 Å². The topological polar surface area (TPSA) is 92.9 Å². The van der Waals surface area contributed by atoms with E-state index < -0.39 is 23.7 Å². The van der Waals surface area contributed by atoms with Crippen LogP contribution in [0, 0.1) is 0 Å². The molecule has 2 rings (SSSR count). The van der Waals surface area contributed by atoms with Crippen molar-refractivity contribution in [2.45, 2.75) is 57.7 Å². The maximum atomic E-state index is 12.3. The molecule has 0 aromatic rings. The van der Waals surface area contributed by atoms with Crippen molar-refractivity contribution in [3.05, 3.63) is 0 Å². The van der Waals surface area contributed by atoms with Gasteiger partial charge in [-0.2, -0.15) is 0 Å². The van der Waals surface area contributed by atoms with Crippen LogP contribution in [0.2, 0.25) is 0 Å². The third-order valence-corrected chi connectivity index (χ3v) is 3.35. The Morgan fingerprint density at radius 1 is 1.30 bits per heavy atom. The van der Waals surface area contributed by atoms with Crippen LogP contribution in [-0.2, 0) is 19.1 Å². The predicted octanol–water partition coefficient (Wildman–Crippen LogP) is -0.206. The van der Waals surface area contributed by atoms with Crippen molar-refractivity contribution in [3.63, 3.8) is 0 Å². The summed E-state index contributed by atoms with van der Waals surface area (Å²) in [5, 5.41) is 2.54. The Hall–Kier alpha value is -1.63. The molecule has 2 unspecified atom stereocenters. The van der Waals surface area contributed by atoms with Gasteiger partial charge in [0, 0.05) is 19.4 Å². The molecule has 2 heterocycles. The molecule has 2 amide bonds. The molecule has 0 saturated carbocycles. The van der Waals surface area contributed by atoms with Gasteiger partial charge in [0.05, 0.1) is 6.04 Å². The molecule has 0 radical (unpaired) electrons. The Labute approximate surface area is 118 Å². The van der Waals surface area contributed by atoms with Gasteiger partial charge in [-0.3, -0.25) is 14.6 Å². The molecule has 112 valence electrons. The van der Waals surface area contributed by atoms with E-state index in [0.717, 1.165) is 0 Å². The first-order valence-electron chi connectivity index (χ1n) is 6.82. The zero-order chi connectivity index (χ0) is 15.1. The van der Waals surface area contributed by atoms with E-state index in [2.05, 4.69) is 0 Å². The van der Waals surface area contributed by atoms with Gasteiger partial charge in [-0.1, -0.05) is 0 Å². The SMILES string of the molecule is CC(C)(C)OC(=O)C1CCN2C(=O)CCC(N)C(=O)N12. The summed E-state index contributed by atoms with van der Waals surface area (Å²) in [6, 6.07) is -1.50. The molecular weight excluding hydrogens is 262 g/mol. The first-order valence-corrected chi connectivity index (χ1v) is 6.82. The number of carbonyl (C=O) groups excluding carboxylic acids is 3. The van der Waals surface area contributed by atoms with Crippen LogP contribution >= 0.6 is 0 Å². The van der Waals surface area contributed by atoms with Gasteiger partial charge in [-0.25, -0.2) is 9.80 Å². The third kappa shape index (κ3) is 2.77. The maximum Gasteiger partial charge on any atom is 0.331 e. The fourth-order valence-corrected chi connectivity index (χ4v) is 2.45. The van der Waals surface area contributed by atoms with Crippen molar-refractivity contribution in [2.24, 2.45) is 5.73 Å². The summed E-state index contributed by atoms with van der Waals surface area (Å²) in [7, 11) is 0. The summed E-state index contributed by atoms with van der Waals surface area (Å²) in [6.07, 6.45) is 0.926. The summed E-state index contributed by atoms with van der Waals surface area (Å²) in [6.45, 7) is 5.64. The molecule has 2 aliphatic rings. The van der Waals surface area contributed by atoms with Gasteiger partial charge in [0.15, 0.2) is 6.04 Å². The third-order valence-electron chi connectivity index (χ3n) is 3.35. The lowest BCUT2D eigenvalue weighted by Gasteiger charge is -2.31. The minimum Gasteiger partial charge on any atom is -0.458 e. The lowest BCUT2D eigenvalue weighted by molar-refractivity contribution is -0.173. The van der Waals surface area contributed by atoms with Gasteiger partial charge in [0.1, 0.15) is 5.60 Å². The highest BCUT2D eigenvalue weighted by atomic mass is 16.6. The van der Waals surface area contributed by atoms with Gasteiger partial charge >= 0.3 is 5.97 Å². The molecule has 2 N–H and O–H groups in total. The van der Waals surface area contributed by atoms with Gasteiger partial charge < -0.3 is 10.5 Å². The van der Waals surface area contributed by atoms with E-state index in [0.29, 0.717) is 19.4 Å². The van der Waals surface area contributed by atoms with Gasteiger partial charge in [0.25, 0.3) is 5.91 Å². The second-order valence-corrected chi connectivity index (χ2v) is 6.18. The molecular formula is C13H21N3O4. The number of fused-ring (bicyclic) bond motifs is 1. The zero-order valence-electron chi connectivity index (χ0n) is 12.1. The van der Waals surface area contributed by atoms with Crippen molar-refractivity contribution >= 4 is 17.8 Å². The van der Waals surface area contributed by atoms with E-state index in [1.807, 2.05) is 0 Å². The highest BCUT2D eigenvalue weighted by Crippen LogP contribution is 2.26. The Morgan fingerprint density at radius 3 is 2.55 bits per heavy atom. The number of amides is 2. The molecule has 2 fully saturated rings. The smallest absolute Gasteiger partial charge is 0.331 e. The van der Waals surface area contributed by atoms with E-state index in [1.165, 1.54) is 10.0 Å². The molecule has 20 heavy (non-hydrogen) atoms. The van der Waals surface area contributed by atoms with Crippen LogP contribution in [-0.4, -0.2) is 52.0 Å². The van der Waals surface area contributed by atoms with E-state index in [-0.39, 0.29) is 18.2 Å². The summed E-state index contributed by atoms with van der Waals surface area (Å²) in [5.74, 6) is -1.04. The standard InChI is InChI=1S/C13H21N3O4/c1-13(2,3)20-12(19)9-6-7-15-10(17)5-4-8(14)11(18)16(9)15/h8-9H,4-7,14H2,1-3H3. The van der Waals surface area contributed by atoms with Crippen molar-refractivity contribution < 1.29 is 19.1 Å². The summed E-state index contributed by atoms with van der Waals surface area (Å²) in [4.78, 5) is 36.4. The summed E-state index contributed by atoms with van der Waals surface area (Å²) < 4.78 is 5.32. The molecule has 0 spiro atoms. The Morgan fingerprint density at radius 2 is 1.95 bits per heavy atom. The molecule has 0 bridgehead atoms. The zero-order valence-corrected chi connectivity index (χ0v) is 12.1. The van der Waals surface area contributed by atoms with Crippen LogP contribution in [0.1, 0.15) is 40.0 Å². The second-order valence-electron chi connectivity index (χ2n) is 6.18. The van der Waals surface area contributed by atoms with E-state index in [4.69, 9.17) is 10.5 Å². The minimum absolute atomic E-state index is 0.169. The lowest BCUT2D eigenvalue weighted by Crippen LogP contribution is -2.54. The van der Waals surface area contributed by atoms with Crippen molar-refractivity contribution in [3.8, 4) is 0 Å². The fourth-order valence-electron chi connectivity index (χ4n) is 2.45. The average molecular weight is 283 g/mol. The maximum absolute atomic E-state index is 12.3. The van der Waals surface area contributed by atoms with E-state index >= 15 is 0 Å². The second kappa shape index (κ2) is 5.05. The number of ether oxygens (including phenoxy) is 1. The van der Waals surface area contributed by atoms with Crippen LogP contribution in [0.4, 0.5) is 0 Å². The molecule has 2 aliphatic heterocycles. The first-order chi connectivity index (χ1) is 9.20. The van der Waals surface area contributed by atoms with Crippen LogP contribution < -0.4 is 5.73 Å². The lowest BCUT2D eigenvalue weighted by atomic mass is 10.1. The Bertz CT molecular complexity index is 443. The van der Waals surface area contributed by atoms with Crippen LogP contribution in [0.25, 0.3) is 0 Å². The molecule has 2 atom stereocenters. The largest absolute Gasteiger partial charge is 0.458 e. The Kier molecular flexibility index (Phi) is 3.73. The van der Waals surface area contributed by atoms with Crippen LogP contribution in [0.5, 0.6) is 0 Å². The molecule has 0 aliphatic carbocycles. The minimum atomic E-state index is -0.755. The normalized spacial score (nSPS) is 27.4. The molecule has 2 saturated heterocycles. The summed E-state index contributed by atoms with van der Waals surface area (Å²) >= 11 is 0. The van der Waals surface area contributed by atoms with Crippen molar-refractivity contribution in [1.29, 1.82) is 0 Å². The predicted molar refractivity (Wildman–Crippen MR) is 70.0 cm³/mol. The number of nitrogens with zero attached hydrogens (tertiary/aromatic N) is 2. The number of hydrogen-bond donors (Lipinski definition) is 1. The fraction of sp³-hybridized carbons (Fsp3) is 0.769. The number of nitrogens with two attached hydrogens (primary N) is 1. The van der Waals surface area contributed by atoms with E-state index in [1.54, 1.807) is 20.8 Å². The number of carbonyl (C=O) groups is 3. The average Bonchev–Trinajstić information content (AvgIpc) is 2.73. The summed E-state index contributed by atoms with van der Waals surface area (Å²) in [5.41, 5.74) is 5.13. The van der Waals surface area contributed by atoms with Gasteiger partial charge in [-0.05, 0) is 27.2 Å². The van der Waals surface area contributed by atoms with Gasteiger partial charge in [-0.15, -0.1) is 0 Å². The first kappa shape index (κ1) is 14.8. The number of esters is 1. The highest BCUT2D eigenvalue weighted by molar-refractivity contribution is 5.92. The highest BCUT2D eigenvalue weighted by Gasteiger charge is 2.46. The molecule has 7 heteroatoms. The molecule has 0 aromatic heterocycles. The number of hydrazine groups is 1. The number of rotatable bonds is 1.